The molecule has 0 aliphatic carbocycles. The van der Waals surface area contributed by atoms with Crippen LogP contribution in [-0.4, -0.2) is 25.4 Å². The van der Waals surface area contributed by atoms with Crippen molar-refractivity contribution in [1.29, 1.82) is 0 Å². The van der Waals surface area contributed by atoms with E-state index >= 15 is 0 Å². The average molecular weight is 225 g/mol. The molecule has 3 nitrogen and oxygen atoms in total. The zero-order chi connectivity index (χ0) is 11.1. The lowest BCUT2D eigenvalue weighted by molar-refractivity contribution is -0.140. The zero-order valence-corrected chi connectivity index (χ0v) is 9.76. The average Bonchev–Trinajstić information content (AvgIpc) is 2.25. The number of hydrogen-bond donors (Lipinski definition) is 1. The van der Waals surface area contributed by atoms with Gasteiger partial charge in [-0.05, 0) is 24.3 Å². The molecule has 0 atom stereocenters. The number of anilines is 1. The van der Waals surface area contributed by atoms with Crippen molar-refractivity contribution in [2.24, 2.45) is 0 Å². The topological polar surface area (TPSA) is 38.3 Å². The molecule has 0 aromatic heterocycles. The van der Waals surface area contributed by atoms with Crippen LogP contribution in [0.5, 0.6) is 0 Å². The number of benzene rings is 1. The Morgan fingerprint density at radius 1 is 1.40 bits per heavy atom. The van der Waals surface area contributed by atoms with E-state index in [4.69, 9.17) is 4.74 Å². The summed E-state index contributed by atoms with van der Waals surface area (Å²) in [5.74, 6) is 0.569. The summed E-state index contributed by atoms with van der Waals surface area (Å²) in [5, 5.41) is 3.06. The van der Waals surface area contributed by atoms with E-state index in [1.165, 1.54) is 11.8 Å². The highest BCUT2D eigenvalue weighted by atomic mass is 32.2. The Morgan fingerprint density at radius 2 is 2.07 bits per heavy atom. The molecule has 0 spiro atoms. The van der Waals surface area contributed by atoms with Crippen molar-refractivity contribution in [2.45, 2.75) is 11.8 Å². The molecule has 0 radical (unpaired) electrons. The largest absolute Gasteiger partial charge is 0.465 e. The van der Waals surface area contributed by atoms with Crippen molar-refractivity contribution in [3.05, 3.63) is 24.3 Å². The first-order valence-electron chi connectivity index (χ1n) is 4.76. The smallest absolute Gasteiger partial charge is 0.302 e. The quantitative estimate of drug-likeness (QED) is 0.474. The molecule has 1 rings (SSSR count). The Labute approximate surface area is 94.2 Å². The van der Waals surface area contributed by atoms with Gasteiger partial charge in [0.15, 0.2) is 0 Å². The van der Waals surface area contributed by atoms with Gasteiger partial charge >= 0.3 is 5.97 Å². The molecule has 0 aliphatic heterocycles. The van der Waals surface area contributed by atoms with Crippen LogP contribution in [-0.2, 0) is 9.53 Å². The molecular weight excluding hydrogens is 210 g/mol. The van der Waals surface area contributed by atoms with Gasteiger partial charge in [0.25, 0.3) is 0 Å². The summed E-state index contributed by atoms with van der Waals surface area (Å²) in [6.45, 7) is 1.89. The molecule has 0 amide bonds. The van der Waals surface area contributed by atoms with Crippen LogP contribution in [0.2, 0.25) is 0 Å². The third-order valence-electron chi connectivity index (χ3n) is 1.80. The minimum absolute atomic E-state index is 0.221. The van der Waals surface area contributed by atoms with Crippen LogP contribution in [0, 0.1) is 0 Å². The Kier molecular flexibility index (Phi) is 5.04. The molecular formula is C11H15NO2S. The molecule has 0 saturated heterocycles. The highest BCUT2D eigenvalue weighted by molar-refractivity contribution is 7.99. The maximum absolute atomic E-state index is 10.5. The van der Waals surface area contributed by atoms with Gasteiger partial charge in [-0.25, -0.2) is 0 Å². The van der Waals surface area contributed by atoms with Crippen molar-refractivity contribution in [1.82, 2.24) is 0 Å². The lowest BCUT2D eigenvalue weighted by Gasteiger charge is -2.03. The van der Waals surface area contributed by atoms with E-state index in [-0.39, 0.29) is 5.97 Å². The van der Waals surface area contributed by atoms with Gasteiger partial charge in [-0.15, -0.1) is 11.8 Å². The predicted octanol–water partition coefficient (Wildman–Crippen LogP) is 2.38. The van der Waals surface area contributed by atoms with E-state index in [1.54, 1.807) is 11.8 Å². The Bertz CT molecular complexity index is 311. The SMILES string of the molecule is CNc1ccc(SCCOC(C)=O)cc1. The van der Waals surface area contributed by atoms with Crippen LogP contribution >= 0.6 is 11.8 Å². The van der Waals surface area contributed by atoms with Crippen LogP contribution in [0.3, 0.4) is 0 Å². The third-order valence-corrected chi connectivity index (χ3v) is 2.78. The molecule has 0 heterocycles. The molecule has 1 aromatic carbocycles. The summed E-state index contributed by atoms with van der Waals surface area (Å²) in [7, 11) is 1.89. The number of carbonyl (C=O) groups excluding carboxylic acids is 1. The van der Waals surface area contributed by atoms with E-state index in [9.17, 15) is 4.79 Å². The first kappa shape index (κ1) is 11.9. The fraction of sp³-hybridized carbons (Fsp3) is 0.364. The fourth-order valence-electron chi connectivity index (χ4n) is 1.06. The van der Waals surface area contributed by atoms with Crippen LogP contribution in [0.15, 0.2) is 29.2 Å². The first-order valence-corrected chi connectivity index (χ1v) is 5.75. The maximum atomic E-state index is 10.5. The summed E-state index contributed by atoms with van der Waals surface area (Å²) < 4.78 is 4.84. The summed E-state index contributed by atoms with van der Waals surface area (Å²) >= 11 is 1.68. The fourth-order valence-corrected chi connectivity index (χ4v) is 1.79. The monoisotopic (exact) mass is 225 g/mol. The first-order chi connectivity index (χ1) is 7.22. The van der Waals surface area contributed by atoms with Crippen molar-refractivity contribution in [3.8, 4) is 0 Å². The molecule has 82 valence electrons. The molecule has 0 unspecified atom stereocenters. The number of nitrogens with one attached hydrogen (secondary N) is 1. The Balaban J connectivity index is 2.28. The minimum Gasteiger partial charge on any atom is -0.465 e. The maximum Gasteiger partial charge on any atom is 0.302 e. The van der Waals surface area contributed by atoms with Gasteiger partial charge < -0.3 is 10.1 Å². The minimum atomic E-state index is -0.221. The molecule has 1 N–H and O–H groups in total. The van der Waals surface area contributed by atoms with E-state index in [1.807, 2.05) is 31.3 Å². The van der Waals surface area contributed by atoms with Crippen LogP contribution < -0.4 is 5.32 Å². The summed E-state index contributed by atoms with van der Waals surface area (Å²) in [6, 6.07) is 8.14. The number of ether oxygens (including phenoxy) is 1. The highest BCUT2D eigenvalue weighted by Crippen LogP contribution is 2.19. The van der Waals surface area contributed by atoms with E-state index in [0.29, 0.717) is 6.61 Å². The molecule has 1 aromatic rings. The van der Waals surface area contributed by atoms with E-state index in [0.717, 1.165) is 11.4 Å². The summed E-state index contributed by atoms with van der Waals surface area (Å²) in [6.07, 6.45) is 0. The second kappa shape index (κ2) is 6.35. The lowest BCUT2D eigenvalue weighted by atomic mass is 10.3. The zero-order valence-electron chi connectivity index (χ0n) is 8.95. The standard InChI is InChI=1S/C11H15NO2S/c1-9(13)14-7-8-15-11-5-3-10(12-2)4-6-11/h3-6,12H,7-8H2,1-2H3. The van der Waals surface area contributed by atoms with Gasteiger partial charge in [0.05, 0.1) is 0 Å². The second-order valence-corrected chi connectivity index (χ2v) is 4.13. The van der Waals surface area contributed by atoms with Crippen LogP contribution in [0.25, 0.3) is 0 Å². The molecule has 15 heavy (non-hydrogen) atoms. The number of carbonyl (C=O) groups is 1. The number of esters is 1. The molecule has 0 saturated carbocycles. The van der Waals surface area contributed by atoms with Crippen molar-refractivity contribution < 1.29 is 9.53 Å². The van der Waals surface area contributed by atoms with E-state index in [2.05, 4.69) is 5.32 Å². The van der Waals surface area contributed by atoms with Gasteiger partial charge in [-0.3, -0.25) is 4.79 Å². The molecule has 0 aliphatic rings. The third kappa shape index (κ3) is 4.74. The normalized spacial score (nSPS) is 9.73. The van der Waals surface area contributed by atoms with Crippen LogP contribution in [0.4, 0.5) is 5.69 Å². The van der Waals surface area contributed by atoms with Crippen LogP contribution in [0.1, 0.15) is 6.92 Å². The molecule has 0 fully saturated rings. The van der Waals surface area contributed by atoms with Crippen molar-refractivity contribution in [2.75, 3.05) is 24.7 Å². The Morgan fingerprint density at radius 3 is 2.60 bits per heavy atom. The highest BCUT2D eigenvalue weighted by Gasteiger charge is 1.96. The lowest BCUT2D eigenvalue weighted by Crippen LogP contribution is -2.02. The number of hydrogen-bond acceptors (Lipinski definition) is 4. The van der Waals surface area contributed by atoms with Gasteiger partial charge in [-0.1, -0.05) is 0 Å². The van der Waals surface area contributed by atoms with Gasteiger partial charge in [0.1, 0.15) is 6.61 Å². The van der Waals surface area contributed by atoms with Gasteiger partial charge in [0.2, 0.25) is 0 Å². The van der Waals surface area contributed by atoms with Crippen molar-refractivity contribution >= 4 is 23.4 Å². The number of thioether (sulfide) groups is 1. The predicted molar refractivity (Wildman–Crippen MR) is 63.3 cm³/mol. The van der Waals surface area contributed by atoms with Gasteiger partial charge in [-0.2, -0.15) is 0 Å². The summed E-state index contributed by atoms with van der Waals surface area (Å²) in [5.41, 5.74) is 1.10. The molecule has 0 bridgehead atoms. The summed E-state index contributed by atoms with van der Waals surface area (Å²) in [4.78, 5) is 11.7. The molecule has 4 heteroatoms. The van der Waals surface area contributed by atoms with E-state index < -0.39 is 0 Å². The second-order valence-electron chi connectivity index (χ2n) is 2.96. The van der Waals surface area contributed by atoms with Crippen molar-refractivity contribution in [3.63, 3.8) is 0 Å². The Hall–Kier alpha value is -1.16. The van der Waals surface area contributed by atoms with Gasteiger partial charge in [0, 0.05) is 30.3 Å². The number of rotatable bonds is 5.